The summed E-state index contributed by atoms with van der Waals surface area (Å²) in [5, 5.41) is 4.09. The first-order valence-corrected chi connectivity index (χ1v) is 8.16. The fraction of sp³-hybridized carbons (Fsp3) is 0.733. The van der Waals surface area contributed by atoms with E-state index in [0.717, 1.165) is 30.4 Å². The number of carbonyl (C=O) groups excluding carboxylic acids is 1. The van der Waals surface area contributed by atoms with Crippen LogP contribution in [0.3, 0.4) is 0 Å². The van der Waals surface area contributed by atoms with Crippen molar-refractivity contribution in [2.75, 3.05) is 13.1 Å². The normalized spacial score (nSPS) is 14.9. The summed E-state index contributed by atoms with van der Waals surface area (Å²) < 4.78 is 8.15. The van der Waals surface area contributed by atoms with Gasteiger partial charge in [0.25, 0.3) is 0 Å². The highest BCUT2D eigenvalue weighted by molar-refractivity contribution is 9.10. The number of aromatic nitrogens is 2. The van der Waals surface area contributed by atoms with Crippen LogP contribution < -0.4 is 0 Å². The molecule has 0 atom stereocenters. The highest BCUT2D eigenvalue weighted by Gasteiger charge is 2.23. The van der Waals surface area contributed by atoms with E-state index in [1.807, 2.05) is 31.6 Å². The van der Waals surface area contributed by atoms with E-state index in [0.29, 0.717) is 6.04 Å². The number of nitrogens with zero attached hydrogens (tertiary/aromatic N) is 3. The Kier molecular flexibility index (Phi) is 6.71. The van der Waals surface area contributed by atoms with Crippen molar-refractivity contribution in [2.45, 2.75) is 59.1 Å². The molecule has 0 aliphatic carbocycles. The zero-order chi connectivity index (χ0) is 16.0. The zero-order valence-corrected chi connectivity index (χ0v) is 15.2. The van der Waals surface area contributed by atoms with Crippen LogP contribution >= 0.6 is 15.9 Å². The number of hydrogen-bond acceptors (Lipinski definition) is 3. The Balaban J connectivity index is 0.000000219. The van der Waals surface area contributed by atoms with Crippen LogP contribution in [-0.2, 0) is 4.74 Å². The largest absolute Gasteiger partial charge is 0.444 e. The molecule has 1 amide bonds. The minimum Gasteiger partial charge on any atom is -0.444 e. The standard InChI is InChI=1S/C9H17NO2.C6H9BrN2/c1-9(2,3)12-8(11)10-6-4-5-7-10;1-5(2)9-4-6(7)3-8-9/h4-7H2,1-3H3;3-5H,1-2H3. The molecule has 1 saturated heterocycles. The zero-order valence-electron chi connectivity index (χ0n) is 13.6. The SMILES string of the molecule is CC(C)(C)OC(=O)N1CCCC1.CC(C)n1cc(Br)cn1. The molecule has 1 aliphatic rings. The lowest BCUT2D eigenvalue weighted by Gasteiger charge is -2.23. The number of rotatable bonds is 1. The predicted molar refractivity (Wildman–Crippen MR) is 87.4 cm³/mol. The Bertz CT molecular complexity index is 446. The first-order valence-electron chi connectivity index (χ1n) is 7.36. The monoisotopic (exact) mass is 359 g/mol. The second-order valence-electron chi connectivity index (χ2n) is 6.41. The van der Waals surface area contributed by atoms with E-state index in [2.05, 4.69) is 34.9 Å². The van der Waals surface area contributed by atoms with Crippen molar-refractivity contribution in [2.24, 2.45) is 0 Å². The van der Waals surface area contributed by atoms with Gasteiger partial charge in [-0.05, 0) is 63.4 Å². The first kappa shape index (κ1) is 18.0. The van der Waals surface area contributed by atoms with Crippen LogP contribution in [0.25, 0.3) is 0 Å². The molecular weight excluding hydrogens is 334 g/mol. The van der Waals surface area contributed by atoms with Gasteiger partial charge in [0.05, 0.1) is 10.7 Å². The van der Waals surface area contributed by atoms with E-state index in [1.54, 1.807) is 11.1 Å². The number of amides is 1. The van der Waals surface area contributed by atoms with E-state index in [9.17, 15) is 4.79 Å². The maximum absolute atomic E-state index is 11.4. The Morgan fingerprint density at radius 2 is 1.90 bits per heavy atom. The Labute approximate surface area is 135 Å². The van der Waals surface area contributed by atoms with Crippen LogP contribution in [0.1, 0.15) is 53.5 Å². The van der Waals surface area contributed by atoms with E-state index in [-0.39, 0.29) is 11.7 Å². The molecule has 0 spiro atoms. The van der Waals surface area contributed by atoms with Crippen molar-refractivity contribution in [1.82, 2.24) is 14.7 Å². The van der Waals surface area contributed by atoms with Crippen molar-refractivity contribution in [3.8, 4) is 0 Å². The second kappa shape index (κ2) is 7.82. The molecule has 1 aromatic rings. The summed E-state index contributed by atoms with van der Waals surface area (Å²) >= 11 is 3.32. The number of ether oxygens (including phenoxy) is 1. The molecule has 1 fully saturated rings. The van der Waals surface area contributed by atoms with Crippen LogP contribution in [0, 0.1) is 0 Å². The maximum Gasteiger partial charge on any atom is 0.410 e. The summed E-state index contributed by atoms with van der Waals surface area (Å²) in [5.41, 5.74) is -0.361. The fourth-order valence-corrected chi connectivity index (χ4v) is 2.12. The van der Waals surface area contributed by atoms with E-state index < -0.39 is 0 Å². The topological polar surface area (TPSA) is 47.4 Å². The molecule has 5 nitrogen and oxygen atoms in total. The van der Waals surface area contributed by atoms with Crippen molar-refractivity contribution in [1.29, 1.82) is 0 Å². The molecule has 0 aromatic carbocycles. The smallest absolute Gasteiger partial charge is 0.410 e. The molecule has 120 valence electrons. The predicted octanol–water partition coefficient (Wildman–Crippen LogP) is 4.24. The number of halogens is 1. The van der Waals surface area contributed by atoms with Gasteiger partial charge >= 0.3 is 6.09 Å². The molecule has 0 radical (unpaired) electrons. The van der Waals surface area contributed by atoms with Gasteiger partial charge in [0, 0.05) is 25.3 Å². The van der Waals surface area contributed by atoms with E-state index in [4.69, 9.17) is 4.74 Å². The van der Waals surface area contributed by atoms with E-state index >= 15 is 0 Å². The summed E-state index contributed by atoms with van der Waals surface area (Å²) in [4.78, 5) is 13.1. The van der Waals surface area contributed by atoms with Gasteiger partial charge in [-0.25, -0.2) is 4.79 Å². The molecule has 0 saturated carbocycles. The van der Waals surface area contributed by atoms with Crippen LogP contribution in [0.5, 0.6) is 0 Å². The molecule has 0 unspecified atom stereocenters. The first-order chi connectivity index (χ1) is 9.69. The van der Waals surface area contributed by atoms with Crippen LogP contribution in [0.2, 0.25) is 0 Å². The number of hydrogen-bond donors (Lipinski definition) is 0. The van der Waals surface area contributed by atoms with E-state index in [1.165, 1.54) is 0 Å². The molecule has 2 rings (SSSR count). The summed E-state index contributed by atoms with van der Waals surface area (Å²) in [6.07, 6.45) is 5.81. The van der Waals surface area contributed by atoms with Crippen molar-refractivity contribution in [3.05, 3.63) is 16.9 Å². The molecular formula is C15H26BrN3O2. The van der Waals surface area contributed by atoms with Gasteiger partial charge in [0.1, 0.15) is 5.60 Å². The van der Waals surface area contributed by atoms with Gasteiger partial charge in [-0.15, -0.1) is 0 Å². The average Bonchev–Trinajstić information content (AvgIpc) is 2.97. The van der Waals surface area contributed by atoms with Crippen molar-refractivity contribution >= 4 is 22.0 Å². The summed E-state index contributed by atoms with van der Waals surface area (Å²) in [6.45, 7) is 11.6. The van der Waals surface area contributed by atoms with Gasteiger partial charge in [-0.1, -0.05) is 0 Å². The second-order valence-corrected chi connectivity index (χ2v) is 7.32. The lowest BCUT2D eigenvalue weighted by atomic mass is 10.2. The quantitative estimate of drug-likeness (QED) is 0.752. The lowest BCUT2D eigenvalue weighted by Crippen LogP contribution is -2.34. The third kappa shape index (κ3) is 6.98. The van der Waals surface area contributed by atoms with Gasteiger partial charge in [0.2, 0.25) is 0 Å². The third-order valence-electron chi connectivity index (χ3n) is 2.86. The molecule has 0 N–H and O–H groups in total. The molecule has 1 aromatic heterocycles. The van der Waals surface area contributed by atoms with Gasteiger partial charge in [0.15, 0.2) is 0 Å². The Morgan fingerprint density at radius 1 is 1.33 bits per heavy atom. The molecule has 1 aliphatic heterocycles. The van der Waals surface area contributed by atoms with Crippen molar-refractivity contribution < 1.29 is 9.53 Å². The number of likely N-dealkylation sites (tertiary alicyclic amines) is 1. The lowest BCUT2D eigenvalue weighted by molar-refractivity contribution is 0.0295. The Morgan fingerprint density at radius 3 is 2.24 bits per heavy atom. The van der Waals surface area contributed by atoms with Crippen LogP contribution in [-0.4, -0.2) is 39.5 Å². The molecule has 21 heavy (non-hydrogen) atoms. The highest BCUT2D eigenvalue weighted by atomic mass is 79.9. The minimum absolute atomic E-state index is 0.167. The summed E-state index contributed by atoms with van der Waals surface area (Å²) in [7, 11) is 0. The van der Waals surface area contributed by atoms with Gasteiger partial charge in [-0.3, -0.25) is 4.68 Å². The summed E-state index contributed by atoms with van der Waals surface area (Å²) in [6, 6.07) is 0.455. The van der Waals surface area contributed by atoms with Crippen molar-refractivity contribution in [3.63, 3.8) is 0 Å². The molecule has 2 heterocycles. The highest BCUT2D eigenvalue weighted by Crippen LogP contribution is 2.14. The fourth-order valence-electron chi connectivity index (χ4n) is 1.82. The minimum atomic E-state index is -0.361. The maximum atomic E-state index is 11.4. The van der Waals surface area contributed by atoms with Crippen LogP contribution in [0.4, 0.5) is 4.79 Å². The third-order valence-corrected chi connectivity index (χ3v) is 3.27. The van der Waals surface area contributed by atoms with Gasteiger partial charge < -0.3 is 9.64 Å². The molecule has 0 bridgehead atoms. The average molecular weight is 360 g/mol. The Hall–Kier alpha value is -1.04. The summed E-state index contributed by atoms with van der Waals surface area (Å²) in [5.74, 6) is 0. The van der Waals surface area contributed by atoms with Crippen LogP contribution in [0.15, 0.2) is 16.9 Å². The number of carbonyl (C=O) groups is 1. The molecule has 6 heteroatoms. The van der Waals surface area contributed by atoms with Gasteiger partial charge in [-0.2, -0.15) is 5.10 Å².